The number of aryl methyl sites for hydroxylation is 1. The van der Waals surface area contributed by atoms with Crippen molar-refractivity contribution < 1.29 is 9.90 Å². The van der Waals surface area contributed by atoms with E-state index in [0.29, 0.717) is 18.5 Å². The number of pyridine rings is 2. The SMILES string of the molecule is O=C(CCc1ccc(O)cn1)Nc1cccnc1. The molecule has 0 radical (unpaired) electrons. The molecule has 0 saturated heterocycles. The van der Waals surface area contributed by atoms with E-state index in [1.54, 1.807) is 36.7 Å². The number of aromatic nitrogens is 2. The number of aromatic hydroxyl groups is 1. The normalized spacial score (nSPS) is 10.0. The van der Waals surface area contributed by atoms with Crippen LogP contribution in [0.25, 0.3) is 0 Å². The quantitative estimate of drug-likeness (QED) is 0.857. The fraction of sp³-hybridized carbons (Fsp3) is 0.154. The van der Waals surface area contributed by atoms with Gasteiger partial charge in [0.1, 0.15) is 5.75 Å². The minimum atomic E-state index is -0.0853. The fourth-order valence-electron chi connectivity index (χ4n) is 1.47. The number of carbonyl (C=O) groups is 1. The van der Waals surface area contributed by atoms with Crippen LogP contribution in [-0.2, 0) is 11.2 Å². The van der Waals surface area contributed by atoms with Gasteiger partial charge in [-0.25, -0.2) is 0 Å². The highest BCUT2D eigenvalue weighted by Crippen LogP contribution is 2.08. The molecule has 0 aromatic carbocycles. The van der Waals surface area contributed by atoms with Gasteiger partial charge in [0.2, 0.25) is 5.91 Å². The zero-order chi connectivity index (χ0) is 12.8. The molecule has 1 amide bonds. The Labute approximate surface area is 105 Å². The lowest BCUT2D eigenvalue weighted by atomic mass is 10.2. The molecule has 92 valence electrons. The van der Waals surface area contributed by atoms with Crippen molar-refractivity contribution in [3.63, 3.8) is 0 Å². The summed E-state index contributed by atoms with van der Waals surface area (Å²) in [4.78, 5) is 19.6. The first-order chi connectivity index (χ1) is 8.74. The van der Waals surface area contributed by atoms with Gasteiger partial charge in [0.15, 0.2) is 0 Å². The molecule has 0 saturated carbocycles. The Hall–Kier alpha value is -2.43. The third-order valence-corrected chi connectivity index (χ3v) is 2.36. The van der Waals surface area contributed by atoms with Gasteiger partial charge in [0.25, 0.3) is 0 Å². The molecule has 2 aromatic rings. The Kier molecular flexibility index (Phi) is 3.86. The molecule has 0 aliphatic carbocycles. The standard InChI is InChI=1S/C13H13N3O2/c17-12-5-3-10(15-9-12)4-6-13(18)16-11-2-1-7-14-8-11/h1-3,5,7-9,17H,4,6H2,(H,16,18). The van der Waals surface area contributed by atoms with E-state index in [-0.39, 0.29) is 11.7 Å². The molecule has 5 nitrogen and oxygen atoms in total. The molecule has 18 heavy (non-hydrogen) atoms. The van der Waals surface area contributed by atoms with Gasteiger partial charge < -0.3 is 10.4 Å². The number of rotatable bonds is 4. The third-order valence-electron chi connectivity index (χ3n) is 2.36. The first-order valence-corrected chi connectivity index (χ1v) is 5.58. The molecule has 2 rings (SSSR count). The molecule has 0 fully saturated rings. The average molecular weight is 243 g/mol. The van der Waals surface area contributed by atoms with E-state index in [2.05, 4.69) is 15.3 Å². The van der Waals surface area contributed by atoms with Crippen molar-refractivity contribution in [3.05, 3.63) is 48.5 Å². The van der Waals surface area contributed by atoms with Gasteiger partial charge in [-0.3, -0.25) is 14.8 Å². The summed E-state index contributed by atoms with van der Waals surface area (Å²) in [5.74, 6) is 0.0384. The predicted molar refractivity (Wildman–Crippen MR) is 67.1 cm³/mol. The van der Waals surface area contributed by atoms with Gasteiger partial charge in [-0.05, 0) is 30.7 Å². The zero-order valence-electron chi connectivity index (χ0n) is 9.71. The van der Waals surface area contributed by atoms with Crippen molar-refractivity contribution in [2.45, 2.75) is 12.8 Å². The molecular weight excluding hydrogens is 230 g/mol. The maximum atomic E-state index is 11.6. The number of carbonyl (C=O) groups excluding carboxylic acids is 1. The van der Waals surface area contributed by atoms with Gasteiger partial charge in [-0.2, -0.15) is 0 Å². The van der Waals surface area contributed by atoms with E-state index >= 15 is 0 Å². The highest BCUT2D eigenvalue weighted by Gasteiger charge is 2.03. The summed E-state index contributed by atoms with van der Waals surface area (Å²) < 4.78 is 0. The number of hydrogen-bond acceptors (Lipinski definition) is 4. The monoisotopic (exact) mass is 243 g/mol. The van der Waals surface area contributed by atoms with Crippen LogP contribution in [0.3, 0.4) is 0 Å². The topological polar surface area (TPSA) is 75.1 Å². The number of nitrogens with zero attached hydrogens (tertiary/aromatic N) is 2. The van der Waals surface area contributed by atoms with Crippen LogP contribution in [0.4, 0.5) is 5.69 Å². The van der Waals surface area contributed by atoms with Gasteiger partial charge in [0.05, 0.1) is 18.1 Å². The summed E-state index contributed by atoms with van der Waals surface area (Å²) in [6.07, 6.45) is 5.49. The lowest BCUT2D eigenvalue weighted by Crippen LogP contribution is -2.12. The van der Waals surface area contributed by atoms with Crippen molar-refractivity contribution in [3.8, 4) is 5.75 Å². The van der Waals surface area contributed by atoms with Gasteiger partial charge in [-0.1, -0.05) is 0 Å². The Morgan fingerprint density at radius 2 is 2.17 bits per heavy atom. The Balaban J connectivity index is 1.83. The summed E-state index contributed by atoms with van der Waals surface area (Å²) in [5.41, 5.74) is 1.45. The summed E-state index contributed by atoms with van der Waals surface area (Å²) in [7, 11) is 0. The highest BCUT2D eigenvalue weighted by molar-refractivity contribution is 5.90. The molecule has 0 spiro atoms. The summed E-state index contributed by atoms with van der Waals surface area (Å²) in [6.45, 7) is 0. The molecule has 0 aliphatic heterocycles. The van der Waals surface area contributed by atoms with Crippen molar-refractivity contribution in [2.24, 2.45) is 0 Å². The van der Waals surface area contributed by atoms with E-state index in [1.165, 1.54) is 6.20 Å². The van der Waals surface area contributed by atoms with Crippen LogP contribution in [0.15, 0.2) is 42.9 Å². The smallest absolute Gasteiger partial charge is 0.224 e. The van der Waals surface area contributed by atoms with Gasteiger partial charge in [0, 0.05) is 18.3 Å². The second-order valence-electron chi connectivity index (χ2n) is 3.80. The van der Waals surface area contributed by atoms with Crippen LogP contribution in [-0.4, -0.2) is 21.0 Å². The van der Waals surface area contributed by atoms with E-state index in [4.69, 9.17) is 5.11 Å². The Morgan fingerprint density at radius 1 is 1.28 bits per heavy atom. The van der Waals surface area contributed by atoms with Crippen LogP contribution in [0.2, 0.25) is 0 Å². The number of amides is 1. The number of nitrogens with one attached hydrogen (secondary N) is 1. The first-order valence-electron chi connectivity index (χ1n) is 5.58. The fourth-order valence-corrected chi connectivity index (χ4v) is 1.47. The third kappa shape index (κ3) is 3.55. The van der Waals surface area contributed by atoms with Crippen LogP contribution in [0.1, 0.15) is 12.1 Å². The summed E-state index contributed by atoms with van der Waals surface area (Å²) >= 11 is 0. The molecule has 0 bridgehead atoms. The lowest BCUT2D eigenvalue weighted by molar-refractivity contribution is -0.116. The van der Waals surface area contributed by atoms with E-state index in [0.717, 1.165) is 5.69 Å². The van der Waals surface area contributed by atoms with Crippen molar-refractivity contribution in [2.75, 3.05) is 5.32 Å². The molecular formula is C13H13N3O2. The largest absolute Gasteiger partial charge is 0.506 e. The predicted octanol–water partition coefficient (Wildman–Crippen LogP) is 1.75. The van der Waals surface area contributed by atoms with Crippen LogP contribution < -0.4 is 5.32 Å². The summed E-state index contributed by atoms with van der Waals surface area (Å²) in [6, 6.07) is 6.80. The minimum absolute atomic E-state index is 0.0853. The average Bonchev–Trinajstić information content (AvgIpc) is 2.39. The van der Waals surface area contributed by atoms with Crippen LogP contribution >= 0.6 is 0 Å². The second-order valence-corrected chi connectivity index (χ2v) is 3.80. The van der Waals surface area contributed by atoms with Crippen LogP contribution in [0, 0.1) is 0 Å². The molecule has 0 aliphatic rings. The van der Waals surface area contributed by atoms with Crippen molar-refractivity contribution in [1.29, 1.82) is 0 Å². The highest BCUT2D eigenvalue weighted by atomic mass is 16.3. The van der Waals surface area contributed by atoms with Crippen molar-refractivity contribution in [1.82, 2.24) is 9.97 Å². The molecule has 2 aromatic heterocycles. The number of hydrogen-bond donors (Lipinski definition) is 2. The molecule has 5 heteroatoms. The van der Waals surface area contributed by atoms with Gasteiger partial charge in [-0.15, -0.1) is 0 Å². The van der Waals surface area contributed by atoms with Gasteiger partial charge >= 0.3 is 0 Å². The number of anilines is 1. The molecule has 0 unspecified atom stereocenters. The maximum absolute atomic E-state index is 11.6. The molecule has 0 atom stereocenters. The van der Waals surface area contributed by atoms with E-state index in [1.807, 2.05) is 0 Å². The maximum Gasteiger partial charge on any atom is 0.224 e. The van der Waals surface area contributed by atoms with E-state index < -0.39 is 0 Å². The molecule has 2 heterocycles. The zero-order valence-corrected chi connectivity index (χ0v) is 9.71. The Morgan fingerprint density at radius 3 is 2.83 bits per heavy atom. The summed E-state index contributed by atoms with van der Waals surface area (Å²) in [5, 5.41) is 11.8. The molecule has 2 N–H and O–H groups in total. The first kappa shape index (κ1) is 12.0. The van der Waals surface area contributed by atoms with E-state index in [9.17, 15) is 4.79 Å². The van der Waals surface area contributed by atoms with Crippen LogP contribution in [0.5, 0.6) is 5.75 Å². The Bertz CT molecular complexity index is 512. The minimum Gasteiger partial charge on any atom is -0.506 e. The second kappa shape index (κ2) is 5.77. The lowest BCUT2D eigenvalue weighted by Gasteiger charge is -2.04. The van der Waals surface area contributed by atoms with Crippen molar-refractivity contribution >= 4 is 11.6 Å².